The van der Waals surface area contributed by atoms with Gasteiger partial charge in [-0.15, -0.1) is 0 Å². The van der Waals surface area contributed by atoms with Crippen molar-refractivity contribution in [3.05, 3.63) is 20.9 Å². The lowest BCUT2D eigenvalue weighted by Crippen LogP contribution is -2.13. The van der Waals surface area contributed by atoms with E-state index in [4.69, 9.17) is 20.5 Å². The smallest absolute Gasteiger partial charge is 0.244 e. The standard InChI is InChI=1S/C6H8N6O4/c7-11-9-5(13)3-15-1-2-16-4-6(14)10-12-8/h1-4H2. The van der Waals surface area contributed by atoms with Crippen molar-refractivity contribution in [3.8, 4) is 0 Å². The van der Waals surface area contributed by atoms with Gasteiger partial charge in [0.15, 0.2) is 0 Å². The number of azide groups is 2. The van der Waals surface area contributed by atoms with Crippen LogP contribution < -0.4 is 0 Å². The molecule has 0 rings (SSSR count). The maximum atomic E-state index is 10.6. The van der Waals surface area contributed by atoms with E-state index < -0.39 is 11.8 Å². The maximum Gasteiger partial charge on any atom is 0.244 e. The Kier molecular flexibility index (Phi) is 8.19. The molecule has 0 aliphatic rings. The first-order chi connectivity index (χ1) is 7.70. The van der Waals surface area contributed by atoms with Crippen molar-refractivity contribution in [1.82, 2.24) is 0 Å². The molecule has 0 bridgehead atoms. The molecule has 0 N–H and O–H groups in total. The summed E-state index contributed by atoms with van der Waals surface area (Å²) in [5, 5.41) is 5.52. The highest BCUT2D eigenvalue weighted by Crippen LogP contribution is 1.84. The van der Waals surface area contributed by atoms with Crippen LogP contribution in [0, 0.1) is 0 Å². The number of carbonyl (C=O) groups excluding carboxylic acids is 2. The molecule has 0 aromatic carbocycles. The number of hydrogen-bond donors (Lipinski definition) is 0. The second-order valence-corrected chi connectivity index (χ2v) is 2.27. The van der Waals surface area contributed by atoms with Gasteiger partial charge in [-0.05, 0) is 21.3 Å². The van der Waals surface area contributed by atoms with E-state index in [1.165, 1.54) is 0 Å². The van der Waals surface area contributed by atoms with Crippen LogP contribution in [-0.4, -0.2) is 38.2 Å². The van der Waals surface area contributed by atoms with E-state index in [0.29, 0.717) is 0 Å². The first kappa shape index (κ1) is 13.9. The van der Waals surface area contributed by atoms with Crippen LogP contribution in [0.5, 0.6) is 0 Å². The van der Waals surface area contributed by atoms with Gasteiger partial charge in [-0.25, -0.2) is 0 Å². The summed E-state index contributed by atoms with van der Waals surface area (Å²) in [4.78, 5) is 25.7. The topological polar surface area (TPSA) is 150 Å². The molecule has 0 saturated heterocycles. The van der Waals surface area contributed by atoms with Crippen molar-refractivity contribution in [2.24, 2.45) is 10.2 Å². The minimum atomic E-state index is -0.743. The minimum absolute atomic E-state index is 0.0518. The minimum Gasteiger partial charge on any atom is -0.371 e. The van der Waals surface area contributed by atoms with E-state index in [0.717, 1.165) is 0 Å². The van der Waals surface area contributed by atoms with Gasteiger partial charge in [-0.1, -0.05) is 0 Å². The summed E-state index contributed by atoms with van der Waals surface area (Å²) in [6.45, 7) is -0.595. The summed E-state index contributed by atoms with van der Waals surface area (Å²) in [6, 6.07) is 0. The molecule has 0 aromatic rings. The maximum absolute atomic E-state index is 10.6. The Hall–Kier alpha value is -2.12. The first-order valence-electron chi connectivity index (χ1n) is 4.02. The summed E-state index contributed by atoms with van der Waals surface area (Å²) < 4.78 is 9.47. The summed E-state index contributed by atoms with van der Waals surface area (Å²) in [5.74, 6) is -1.49. The van der Waals surface area contributed by atoms with E-state index in [9.17, 15) is 9.59 Å². The SMILES string of the molecule is [N-]=[N+]=NC(=O)COCCOCC(=O)N=[N+]=[N-]. The lowest BCUT2D eigenvalue weighted by atomic mass is 10.6. The van der Waals surface area contributed by atoms with Crippen molar-refractivity contribution in [1.29, 1.82) is 0 Å². The van der Waals surface area contributed by atoms with E-state index in [1.807, 2.05) is 0 Å². The van der Waals surface area contributed by atoms with Gasteiger partial charge in [0.2, 0.25) is 11.8 Å². The van der Waals surface area contributed by atoms with Gasteiger partial charge in [0.05, 0.1) is 13.2 Å². The molecule has 0 radical (unpaired) electrons. The molecule has 0 aromatic heterocycles. The van der Waals surface area contributed by atoms with E-state index in [1.54, 1.807) is 0 Å². The number of rotatable bonds is 7. The zero-order valence-corrected chi connectivity index (χ0v) is 8.14. The zero-order chi connectivity index (χ0) is 12.2. The average Bonchev–Trinajstić information content (AvgIpc) is 2.24. The van der Waals surface area contributed by atoms with Crippen molar-refractivity contribution in [2.45, 2.75) is 0 Å². The molecule has 86 valence electrons. The Balaban J connectivity index is 3.40. The molecule has 2 amide bonds. The largest absolute Gasteiger partial charge is 0.371 e. The molecule has 0 saturated carbocycles. The summed E-state index contributed by atoms with van der Waals surface area (Å²) in [6.07, 6.45) is 0. The molecular formula is C6H8N6O4. The molecule has 0 aliphatic carbocycles. The third-order valence-corrected chi connectivity index (χ3v) is 1.14. The normalized spacial score (nSPS) is 8.75. The fourth-order valence-corrected chi connectivity index (χ4v) is 0.594. The number of nitrogens with zero attached hydrogens (tertiary/aromatic N) is 6. The Bertz CT molecular complexity index is 309. The van der Waals surface area contributed by atoms with Crippen LogP contribution in [0.2, 0.25) is 0 Å². The summed E-state index contributed by atoms with van der Waals surface area (Å²) in [7, 11) is 0. The van der Waals surface area contributed by atoms with Crippen molar-refractivity contribution < 1.29 is 19.1 Å². The van der Waals surface area contributed by atoms with Gasteiger partial charge in [0.25, 0.3) is 0 Å². The third kappa shape index (κ3) is 8.48. The lowest BCUT2D eigenvalue weighted by Gasteiger charge is -2.01. The van der Waals surface area contributed by atoms with Crippen molar-refractivity contribution >= 4 is 11.8 Å². The fourth-order valence-electron chi connectivity index (χ4n) is 0.594. The van der Waals surface area contributed by atoms with Gasteiger partial charge in [-0.2, -0.15) is 0 Å². The van der Waals surface area contributed by atoms with Crippen LogP contribution in [-0.2, 0) is 19.1 Å². The fraction of sp³-hybridized carbons (Fsp3) is 0.667. The Labute approximate surface area is 89.4 Å². The molecule has 0 aliphatic heterocycles. The lowest BCUT2D eigenvalue weighted by molar-refractivity contribution is -0.125. The second-order valence-electron chi connectivity index (χ2n) is 2.27. The van der Waals surface area contributed by atoms with Crippen molar-refractivity contribution in [3.63, 3.8) is 0 Å². The molecule has 10 heteroatoms. The molecule has 0 atom stereocenters. The Morgan fingerprint density at radius 2 is 1.31 bits per heavy atom. The molecule has 0 fully saturated rings. The molecule has 10 nitrogen and oxygen atoms in total. The summed E-state index contributed by atoms with van der Waals surface area (Å²) >= 11 is 0. The average molecular weight is 228 g/mol. The second kappa shape index (κ2) is 9.44. The molecule has 0 spiro atoms. The van der Waals surface area contributed by atoms with Gasteiger partial charge >= 0.3 is 0 Å². The number of ether oxygens (including phenoxy) is 2. The van der Waals surface area contributed by atoms with E-state index >= 15 is 0 Å². The number of carbonyl (C=O) groups is 2. The van der Waals surface area contributed by atoms with Crippen LogP contribution in [0.3, 0.4) is 0 Å². The van der Waals surface area contributed by atoms with Gasteiger partial charge in [0.1, 0.15) is 13.2 Å². The third-order valence-electron chi connectivity index (χ3n) is 1.14. The van der Waals surface area contributed by atoms with Gasteiger partial charge in [0, 0.05) is 9.82 Å². The molecule has 0 unspecified atom stereocenters. The highest BCUT2D eigenvalue weighted by atomic mass is 16.5. The quantitative estimate of drug-likeness (QED) is 0.272. The monoisotopic (exact) mass is 228 g/mol. The first-order valence-corrected chi connectivity index (χ1v) is 4.02. The highest BCUT2D eigenvalue weighted by molar-refractivity contribution is 5.78. The molecular weight excluding hydrogens is 220 g/mol. The Morgan fingerprint density at radius 1 is 0.938 bits per heavy atom. The van der Waals surface area contributed by atoms with Crippen LogP contribution in [0.25, 0.3) is 20.9 Å². The summed E-state index contributed by atoms with van der Waals surface area (Å²) in [5.41, 5.74) is 15.7. The van der Waals surface area contributed by atoms with Crippen LogP contribution in [0.1, 0.15) is 0 Å². The predicted molar refractivity (Wildman–Crippen MR) is 49.9 cm³/mol. The highest BCUT2D eigenvalue weighted by Gasteiger charge is 1.99. The van der Waals surface area contributed by atoms with Gasteiger partial charge < -0.3 is 9.47 Å². The zero-order valence-electron chi connectivity index (χ0n) is 8.14. The number of amides is 2. The van der Waals surface area contributed by atoms with E-state index in [2.05, 4.69) is 20.1 Å². The van der Waals surface area contributed by atoms with Crippen LogP contribution in [0.15, 0.2) is 10.2 Å². The Morgan fingerprint density at radius 3 is 1.62 bits per heavy atom. The number of hydrogen-bond acceptors (Lipinski definition) is 4. The van der Waals surface area contributed by atoms with Crippen LogP contribution >= 0.6 is 0 Å². The molecule has 0 heterocycles. The molecule has 16 heavy (non-hydrogen) atoms. The predicted octanol–water partition coefficient (Wildman–Crippen LogP) is 0.693. The van der Waals surface area contributed by atoms with E-state index in [-0.39, 0.29) is 26.4 Å². The van der Waals surface area contributed by atoms with Gasteiger partial charge in [-0.3, -0.25) is 9.59 Å². The van der Waals surface area contributed by atoms with Crippen LogP contribution in [0.4, 0.5) is 0 Å². The van der Waals surface area contributed by atoms with Crippen molar-refractivity contribution in [2.75, 3.05) is 26.4 Å².